The van der Waals surface area contributed by atoms with Crippen LogP contribution in [0.3, 0.4) is 0 Å². The lowest BCUT2D eigenvalue weighted by atomic mass is 10.1. The first-order valence-corrected chi connectivity index (χ1v) is 5.14. The van der Waals surface area contributed by atoms with E-state index in [1.165, 1.54) is 0 Å². The summed E-state index contributed by atoms with van der Waals surface area (Å²) in [5, 5.41) is 6.44. The number of nitrogen functional groups attached to an aromatic ring is 1. The van der Waals surface area contributed by atoms with Crippen LogP contribution in [0.2, 0.25) is 0 Å². The van der Waals surface area contributed by atoms with Gasteiger partial charge < -0.3 is 5.73 Å². The number of aromatic nitrogens is 2. The number of hydrogen-bond acceptors (Lipinski definition) is 2. The molecule has 0 amide bonds. The molecule has 0 atom stereocenters. The van der Waals surface area contributed by atoms with Gasteiger partial charge >= 0.3 is 0 Å². The first-order chi connectivity index (χ1) is 7.09. The van der Waals surface area contributed by atoms with Crippen LogP contribution in [-0.2, 0) is 0 Å². The summed E-state index contributed by atoms with van der Waals surface area (Å²) in [6.07, 6.45) is 0. The number of benzene rings is 1. The Kier molecular flexibility index (Phi) is 2.48. The van der Waals surface area contributed by atoms with Gasteiger partial charge in [-0.15, -0.1) is 0 Å². The second-order valence-corrected chi connectivity index (χ2v) is 4.09. The van der Waals surface area contributed by atoms with Gasteiger partial charge in [-0.05, 0) is 24.6 Å². The summed E-state index contributed by atoms with van der Waals surface area (Å²) in [4.78, 5) is 0. The minimum atomic E-state index is -0.270. The number of nitrogens with one attached hydrogen (secondary N) is 1. The lowest BCUT2D eigenvalue weighted by Crippen LogP contribution is -1.90. The van der Waals surface area contributed by atoms with Gasteiger partial charge in [-0.1, -0.05) is 15.9 Å². The summed E-state index contributed by atoms with van der Waals surface area (Å²) in [7, 11) is 0. The molecule has 1 aromatic carbocycles. The van der Waals surface area contributed by atoms with Crippen LogP contribution in [0.4, 0.5) is 10.2 Å². The van der Waals surface area contributed by atoms with Crippen LogP contribution >= 0.6 is 15.9 Å². The third kappa shape index (κ3) is 1.74. The second-order valence-electron chi connectivity index (χ2n) is 3.24. The fourth-order valence-electron chi connectivity index (χ4n) is 1.34. The van der Waals surface area contributed by atoms with E-state index in [2.05, 4.69) is 26.1 Å². The van der Waals surface area contributed by atoms with Crippen LogP contribution in [0.25, 0.3) is 11.3 Å². The Bertz CT molecular complexity index is 507. The van der Waals surface area contributed by atoms with Crippen LogP contribution in [0.1, 0.15) is 5.56 Å². The SMILES string of the molecule is Cc1c(Br)ccc(-c2cc(N)n[nH]2)c1F. The van der Waals surface area contributed by atoms with Crippen LogP contribution in [0.15, 0.2) is 22.7 Å². The number of halogens is 2. The van der Waals surface area contributed by atoms with E-state index in [1.54, 1.807) is 25.1 Å². The van der Waals surface area contributed by atoms with Gasteiger partial charge in [0.2, 0.25) is 0 Å². The van der Waals surface area contributed by atoms with E-state index in [0.29, 0.717) is 22.6 Å². The van der Waals surface area contributed by atoms with E-state index in [9.17, 15) is 4.39 Å². The average molecular weight is 270 g/mol. The smallest absolute Gasteiger partial charge is 0.145 e. The maximum Gasteiger partial charge on any atom is 0.145 e. The summed E-state index contributed by atoms with van der Waals surface area (Å²) >= 11 is 3.27. The molecule has 0 saturated carbocycles. The van der Waals surface area contributed by atoms with Gasteiger partial charge in [0, 0.05) is 16.1 Å². The zero-order valence-corrected chi connectivity index (χ0v) is 9.60. The number of anilines is 1. The van der Waals surface area contributed by atoms with Crippen LogP contribution in [-0.4, -0.2) is 10.2 Å². The van der Waals surface area contributed by atoms with E-state index in [1.807, 2.05) is 0 Å². The highest BCUT2D eigenvalue weighted by atomic mass is 79.9. The van der Waals surface area contributed by atoms with Crippen molar-refractivity contribution in [3.63, 3.8) is 0 Å². The molecule has 0 aliphatic rings. The van der Waals surface area contributed by atoms with Gasteiger partial charge in [-0.25, -0.2) is 4.39 Å². The molecule has 0 radical (unpaired) electrons. The molecule has 3 N–H and O–H groups in total. The fourth-order valence-corrected chi connectivity index (χ4v) is 1.65. The summed E-state index contributed by atoms with van der Waals surface area (Å²) in [6, 6.07) is 5.08. The molecular weight excluding hydrogens is 261 g/mol. The molecular formula is C10H9BrFN3. The standard InChI is InChI=1S/C10H9BrFN3/c1-5-7(11)3-2-6(10(5)12)8-4-9(13)15-14-8/h2-4H,1H3,(H3,13,14,15). The molecule has 15 heavy (non-hydrogen) atoms. The van der Waals surface area contributed by atoms with E-state index in [4.69, 9.17) is 5.73 Å². The third-order valence-corrected chi connectivity index (χ3v) is 3.07. The zero-order chi connectivity index (χ0) is 11.0. The summed E-state index contributed by atoms with van der Waals surface area (Å²) in [5.41, 5.74) is 7.09. The van der Waals surface area contributed by atoms with Gasteiger partial charge in [0.1, 0.15) is 11.6 Å². The molecule has 5 heteroatoms. The molecule has 0 spiro atoms. The minimum absolute atomic E-state index is 0.270. The number of H-pyrrole nitrogens is 1. The predicted octanol–water partition coefficient (Wildman–Crippen LogP) is 2.87. The number of nitrogens with two attached hydrogens (primary N) is 1. The topological polar surface area (TPSA) is 54.7 Å². The van der Waals surface area contributed by atoms with E-state index < -0.39 is 0 Å². The average Bonchev–Trinajstić information content (AvgIpc) is 2.61. The van der Waals surface area contributed by atoms with Crippen molar-refractivity contribution in [2.24, 2.45) is 0 Å². The lowest BCUT2D eigenvalue weighted by molar-refractivity contribution is 0.620. The van der Waals surface area contributed by atoms with Crippen molar-refractivity contribution in [3.8, 4) is 11.3 Å². The van der Waals surface area contributed by atoms with E-state index in [-0.39, 0.29) is 5.82 Å². The minimum Gasteiger partial charge on any atom is -0.382 e. The quantitative estimate of drug-likeness (QED) is 0.837. The molecule has 0 saturated heterocycles. The molecule has 0 fully saturated rings. The molecule has 3 nitrogen and oxygen atoms in total. The van der Waals surface area contributed by atoms with E-state index in [0.717, 1.165) is 4.47 Å². The normalized spacial score (nSPS) is 10.6. The Hall–Kier alpha value is -1.36. The second kappa shape index (κ2) is 3.66. The first-order valence-electron chi connectivity index (χ1n) is 4.35. The Morgan fingerprint density at radius 3 is 2.80 bits per heavy atom. The maximum absolute atomic E-state index is 13.8. The number of hydrogen-bond donors (Lipinski definition) is 2. The molecule has 78 valence electrons. The molecule has 0 unspecified atom stereocenters. The Morgan fingerprint density at radius 2 is 2.20 bits per heavy atom. The third-order valence-electron chi connectivity index (χ3n) is 2.21. The predicted molar refractivity (Wildman–Crippen MR) is 60.8 cm³/mol. The number of rotatable bonds is 1. The zero-order valence-electron chi connectivity index (χ0n) is 8.01. The number of aromatic amines is 1. The monoisotopic (exact) mass is 269 g/mol. The van der Waals surface area contributed by atoms with Crippen molar-refractivity contribution in [2.45, 2.75) is 6.92 Å². The maximum atomic E-state index is 13.8. The van der Waals surface area contributed by atoms with Gasteiger partial charge in [0.15, 0.2) is 0 Å². The van der Waals surface area contributed by atoms with Crippen molar-refractivity contribution in [2.75, 3.05) is 5.73 Å². The highest BCUT2D eigenvalue weighted by molar-refractivity contribution is 9.10. The summed E-state index contributed by atoms with van der Waals surface area (Å²) < 4.78 is 14.6. The molecule has 1 aromatic heterocycles. The first kappa shape index (κ1) is 10.2. The summed E-state index contributed by atoms with van der Waals surface area (Å²) in [5.74, 6) is 0.0815. The Morgan fingerprint density at radius 1 is 1.47 bits per heavy atom. The van der Waals surface area contributed by atoms with Gasteiger partial charge in [0.25, 0.3) is 0 Å². The largest absolute Gasteiger partial charge is 0.382 e. The fraction of sp³-hybridized carbons (Fsp3) is 0.100. The van der Waals surface area contributed by atoms with Crippen molar-refractivity contribution >= 4 is 21.7 Å². The lowest BCUT2D eigenvalue weighted by Gasteiger charge is -2.04. The molecule has 0 bridgehead atoms. The molecule has 0 aliphatic carbocycles. The Labute approximate surface area is 94.6 Å². The van der Waals surface area contributed by atoms with Crippen molar-refractivity contribution < 1.29 is 4.39 Å². The van der Waals surface area contributed by atoms with E-state index >= 15 is 0 Å². The highest BCUT2D eigenvalue weighted by Crippen LogP contribution is 2.28. The van der Waals surface area contributed by atoms with Crippen LogP contribution < -0.4 is 5.73 Å². The Balaban J connectivity index is 2.59. The molecule has 2 aromatic rings. The van der Waals surface area contributed by atoms with Crippen LogP contribution in [0.5, 0.6) is 0 Å². The highest BCUT2D eigenvalue weighted by Gasteiger charge is 2.11. The van der Waals surface area contributed by atoms with Crippen molar-refractivity contribution in [3.05, 3.63) is 34.1 Å². The van der Waals surface area contributed by atoms with Gasteiger partial charge in [-0.3, -0.25) is 5.10 Å². The number of nitrogens with zero attached hydrogens (tertiary/aromatic N) is 1. The van der Waals surface area contributed by atoms with Crippen molar-refractivity contribution in [1.29, 1.82) is 0 Å². The molecule has 0 aliphatic heterocycles. The summed E-state index contributed by atoms with van der Waals surface area (Å²) in [6.45, 7) is 1.71. The van der Waals surface area contributed by atoms with Gasteiger partial charge in [-0.2, -0.15) is 5.10 Å². The van der Waals surface area contributed by atoms with Gasteiger partial charge in [0.05, 0.1) is 5.69 Å². The van der Waals surface area contributed by atoms with Crippen molar-refractivity contribution in [1.82, 2.24) is 10.2 Å². The van der Waals surface area contributed by atoms with Crippen LogP contribution in [0, 0.1) is 12.7 Å². The molecule has 2 rings (SSSR count). The molecule has 1 heterocycles.